The van der Waals surface area contributed by atoms with Crippen molar-refractivity contribution in [1.82, 2.24) is 30.1 Å². The monoisotopic (exact) mass is 320 g/mol. The molecule has 2 aromatic heterocycles. The van der Waals surface area contributed by atoms with E-state index < -0.39 is 0 Å². The van der Waals surface area contributed by atoms with Gasteiger partial charge < -0.3 is 9.64 Å². The first-order valence-corrected chi connectivity index (χ1v) is 7.91. The Bertz CT molecular complexity index is 634. The molecule has 0 radical (unpaired) electrons. The Labute approximate surface area is 131 Å². The molecule has 0 bridgehead atoms. The van der Waals surface area contributed by atoms with Crippen molar-refractivity contribution < 1.29 is 9.53 Å². The molecule has 3 heterocycles. The lowest BCUT2D eigenvalue weighted by Gasteiger charge is -2.16. The minimum atomic E-state index is 0.000319. The molecule has 1 aliphatic rings. The predicted octanol–water partition coefficient (Wildman–Crippen LogP) is 0.377. The van der Waals surface area contributed by atoms with Crippen molar-refractivity contribution in [3.05, 3.63) is 24.4 Å². The number of pyridine rings is 1. The maximum atomic E-state index is 12.2. The molecule has 116 valence electrons. The van der Waals surface area contributed by atoms with Crippen LogP contribution in [0.3, 0.4) is 0 Å². The summed E-state index contributed by atoms with van der Waals surface area (Å²) in [5.74, 6) is 0.992. The number of nitrogens with zero attached hydrogens (tertiary/aromatic N) is 6. The molecule has 0 aromatic carbocycles. The zero-order valence-corrected chi connectivity index (χ0v) is 12.9. The van der Waals surface area contributed by atoms with Crippen molar-refractivity contribution in [2.75, 3.05) is 18.8 Å². The van der Waals surface area contributed by atoms with Gasteiger partial charge >= 0.3 is 0 Å². The van der Waals surface area contributed by atoms with Gasteiger partial charge in [0.2, 0.25) is 16.9 Å². The molecule has 2 aromatic rings. The first-order chi connectivity index (χ1) is 10.7. The number of likely N-dealkylation sites (tertiary alicyclic amines) is 1. The Morgan fingerprint density at radius 3 is 3.14 bits per heavy atom. The molecule has 9 heteroatoms. The molecule has 1 saturated heterocycles. The van der Waals surface area contributed by atoms with E-state index in [1.54, 1.807) is 17.9 Å². The second-order valence-corrected chi connectivity index (χ2v) is 5.85. The summed E-state index contributed by atoms with van der Waals surface area (Å²) in [6.45, 7) is 1.29. The molecule has 3 rings (SSSR count). The SMILES string of the molecule is Cn1nnnc1SCC(=O)N1CCC(Oc2ccccn2)C1. The molecule has 1 aliphatic heterocycles. The summed E-state index contributed by atoms with van der Waals surface area (Å²) in [5.41, 5.74) is 0. The fourth-order valence-corrected chi connectivity index (χ4v) is 2.95. The summed E-state index contributed by atoms with van der Waals surface area (Å²) in [6.07, 6.45) is 2.51. The lowest BCUT2D eigenvalue weighted by atomic mass is 10.3. The molecule has 1 fully saturated rings. The van der Waals surface area contributed by atoms with Crippen molar-refractivity contribution in [3.8, 4) is 5.88 Å². The van der Waals surface area contributed by atoms with E-state index in [-0.39, 0.29) is 12.0 Å². The number of aromatic nitrogens is 5. The molecule has 1 atom stereocenters. The number of rotatable bonds is 5. The van der Waals surface area contributed by atoms with Gasteiger partial charge in [0.15, 0.2) is 0 Å². The van der Waals surface area contributed by atoms with Gasteiger partial charge in [0.1, 0.15) is 6.10 Å². The van der Waals surface area contributed by atoms with Gasteiger partial charge in [0.25, 0.3) is 0 Å². The average Bonchev–Trinajstić information content (AvgIpc) is 3.15. The lowest BCUT2D eigenvalue weighted by molar-refractivity contribution is -0.127. The standard InChI is InChI=1S/C13H16N6O2S/c1-18-13(15-16-17-18)22-9-12(20)19-7-5-10(8-19)21-11-4-2-3-6-14-11/h2-4,6,10H,5,7-9H2,1H3. The number of aryl methyl sites for hydroxylation is 1. The fourth-order valence-electron chi connectivity index (χ4n) is 2.20. The molecular weight excluding hydrogens is 304 g/mol. The van der Waals surface area contributed by atoms with Crippen LogP contribution in [-0.2, 0) is 11.8 Å². The van der Waals surface area contributed by atoms with Gasteiger partial charge in [-0.15, -0.1) is 5.10 Å². The molecule has 22 heavy (non-hydrogen) atoms. The minimum absolute atomic E-state index is 0.000319. The number of hydrogen-bond donors (Lipinski definition) is 0. The van der Waals surface area contributed by atoms with Gasteiger partial charge in [-0.2, -0.15) is 0 Å². The van der Waals surface area contributed by atoms with Gasteiger partial charge in [0.05, 0.1) is 12.3 Å². The Morgan fingerprint density at radius 2 is 2.41 bits per heavy atom. The van der Waals surface area contributed by atoms with Crippen LogP contribution in [0.5, 0.6) is 5.88 Å². The largest absolute Gasteiger partial charge is 0.472 e. The highest BCUT2D eigenvalue weighted by Crippen LogP contribution is 2.19. The maximum absolute atomic E-state index is 12.2. The second kappa shape index (κ2) is 6.73. The number of hydrogen-bond acceptors (Lipinski definition) is 7. The van der Waals surface area contributed by atoms with E-state index >= 15 is 0 Å². The van der Waals surface area contributed by atoms with Gasteiger partial charge in [0, 0.05) is 32.3 Å². The van der Waals surface area contributed by atoms with Crippen LogP contribution in [0, 0.1) is 0 Å². The number of tetrazole rings is 1. The summed E-state index contributed by atoms with van der Waals surface area (Å²) in [5, 5.41) is 11.8. The van der Waals surface area contributed by atoms with Crippen molar-refractivity contribution in [3.63, 3.8) is 0 Å². The normalized spacial score (nSPS) is 17.7. The van der Waals surface area contributed by atoms with E-state index in [4.69, 9.17) is 4.74 Å². The van der Waals surface area contributed by atoms with E-state index in [0.717, 1.165) is 6.42 Å². The van der Waals surface area contributed by atoms with Crippen LogP contribution >= 0.6 is 11.8 Å². The number of ether oxygens (including phenoxy) is 1. The van der Waals surface area contributed by atoms with Crippen LogP contribution < -0.4 is 4.74 Å². The fraction of sp³-hybridized carbons (Fsp3) is 0.462. The Kier molecular flexibility index (Phi) is 4.52. The molecule has 0 N–H and O–H groups in total. The smallest absolute Gasteiger partial charge is 0.233 e. The number of amides is 1. The van der Waals surface area contributed by atoms with E-state index in [1.807, 2.05) is 23.1 Å². The topological polar surface area (TPSA) is 86.0 Å². The average molecular weight is 320 g/mol. The highest BCUT2D eigenvalue weighted by molar-refractivity contribution is 7.99. The van der Waals surface area contributed by atoms with Crippen molar-refractivity contribution >= 4 is 17.7 Å². The first kappa shape index (κ1) is 14.8. The molecule has 1 unspecified atom stereocenters. The zero-order chi connectivity index (χ0) is 15.4. The van der Waals surface area contributed by atoms with Gasteiger partial charge in [-0.1, -0.05) is 17.8 Å². The van der Waals surface area contributed by atoms with E-state index in [2.05, 4.69) is 20.5 Å². The maximum Gasteiger partial charge on any atom is 0.233 e. The Hall–Kier alpha value is -2.16. The van der Waals surface area contributed by atoms with Crippen LogP contribution in [0.15, 0.2) is 29.6 Å². The summed E-state index contributed by atoms with van der Waals surface area (Å²) in [6, 6.07) is 5.54. The molecular formula is C13H16N6O2S. The Balaban J connectivity index is 1.47. The molecule has 0 spiro atoms. The van der Waals surface area contributed by atoms with Crippen LogP contribution in [0.4, 0.5) is 0 Å². The number of carbonyl (C=O) groups is 1. The Morgan fingerprint density at radius 1 is 1.50 bits per heavy atom. The van der Waals surface area contributed by atoms with Crippen molar-refractivity contribution in [1.29, 1.82) is 0 Å². The van der Waals surface area contributed by atoms with Gasteiger partial charge in [-0.05, 0) is 16.5 Å². The molecule has 1 amide bonds. The summed E-state index contributed by atoms with van der Waals surface area (Å²) < 4.78 is 7.33. The number of thioether (sulfide) groups is 1. The quantitative estimate of drug-likeness (QED) is 0.736. The van der Waals surface area contributed by atoms with E-state index in [9.17, 15) is 4.79 Å². The van der Waals surface area contributed by atoms with Crippen LogP contribution in [0.2, 0.25) is 0 Å². The zero-order valence-electron chi connectivity index (χ0n) is 12.1. The molecule has 0 aliphatic carbocycles. The van der Waals surface area contributed by atoms with Crippen LogP contribution in [0.25, 0.3) is 0 Å². The molecule has 8 nitrogen and oxygen atoms in total. The summed E-state index contributed by atoms with van der Waals surface area (Å²) in [4.78, 5) is 18.2. The summed E-state index contributed by atoms with van der Waals surface area (Å²) >= 11 is 1.34. The molecule has 0 saturated carbocycles. The highest BCUT2D eigenvalue weighted by Gasteiger charge is 2.28. The van der Waals surface area contributed by atoms with Crippen LogP contribution in [-0.4, -0.2) is 60.9 Å². The van der Waals surface area contributed by atoms with Gasteiger partial charge in [-0.3, -0.25) is 4.79 Å². The van der Waals surface area contributed by atoms with Gasteiger partial charge in [-0.25, -0.2) is 9.67 Å². The van der Waals surface area contributed by atoms with E-state index in [1.165, 1.54) is 11.8 Å². The summed E-state index contributed by atoms with van der Waals surface area (Å²) in [7, 11) is 1.75. The predicted molar refractivity (Wildman–Crippen MR) is 79.4 cm³/mol. The highest BCUT2D eigenvalue weighted by atomic mass is 32.2. The lowest BCUT2D eigenvalue weighted by Crippen LogP contribution is -2.32. The van der Waals surface area contributed by atoms with Crippen LogP contribution in [0.1, 0.15) is 6.42 Å². The second-order valence-electron chi connectivity index (χ2n) is 4.91. The van der Waals surface area contributed by atoms with Crippen molar-refractivity contribution in [2.24, 2.45) is 7.05 Å². The number of carbonyl (C=O) groups excluding carboxylic acids is 1. The third kappa shape index (κ3) is 3.53. The van der Waals surface area contributed by atoms with Crippen molar-refractivity contribution in [2.45, 2.75) is 17.7 Å². The minimum Gasteiger partial charge on any atom is -0.472 e. The van der Waals surface area contributed by atoms with E-state index in [0.29, 0.717) is 29.9 Å². The first-order valence-electron chi connectivity index (χ1n) is 6.93. The third-order valence-electron chi connectivity index (χ3n) is 3.33. The third-order valence-corrected chi connectivity index (χ3v) is 4.32.